The van der Waals surface area contributed by atoms with Gasteiger partial charge in [-0.15, -0.1) is 0 Å². The maximum Gasteiger partial charge on any atom is 0.469 e. The lowest BCUT2D eigenvalue weighted by molar-refractivity contribution is -0.116. The number of ether oxygens (including phenoxy) is 1. The van der Waals surface area contributed by atoms with Crippen LogP contribution in [0, 0.1) is 11.6 Å². The summed E-state index contributed by atoms with van der Waals surface area (Å²) in [7, 11) is -4.44. The molecule has 13 nitrogen and oxygen atoms in total. The molecule has 0 fully saturated rings. The Bertz CT molecular complexity index is 1600. The number of aromatic nitrogens is 4. The Morgan fingerprint density at radius 2 is 1.89 bits per heavy atom. The number of nitrogens with zero attached hydrogens (tertiary/aromatic N) is 5. The number of carbonyl (C=O) groups excluding carboxylic acids is 1. The SMILES string of the molecule is CCCN(CCCOc1ccc2c(Nc3cnn(CC(=O)Nc4cccc(F)c4F)c3)ncnc2c1)CCCOP(=O)(O)O. The third-order valence-corrected chi connectivity index (χ3v) is 6.86. The summed E-state index contributed by atoms with van der Waals surface area (Å²) in [5.74, 6) is -1.59. The van der Waals surface area contributed by atoms with Crippen LogP contribution in [0.2, 0.25) is 0 Å². The Morgan fingerprint density at radius 1 is 1.09 bits per heavy atom. The standard InChI is InChI=1S/C28H34F2N7O6P/c1-2-10-36(12-5-14-43-44(39,40)41)11-4-13-42-21-8-9-22-25(15-21)31-19-32-28(22)34-20-16-33-37(17-20)18-26(38)35-24-7-3-6-23(29)27(24)30/h3,6-9,15-17,19H,2,4-5,10-14,18H2,1H3,(H,35,38)(H,31,32,34)(H2,39,40,41). The Balaban J connectivity index is 1.28. The van der Waals surface area contributed by atoms with E-state index in [0.717, 1.165) is 37.4 Å². The molecular formula is C28H34F2N7O6P. The summed E-state index contributed by atoms with van der Waals surface area (Å²) in [6.07, 6.45) is 6.73. The van der Waals surface area contributed by atoms with Crippen molar-refractivity contribution in [2.45, 2.75) is 32.7 Å². The number of fused-ring (bicyclic) bond motifs is 1. The molecular weight excluding hydrogens is 599 g/mol. The maximum absolute atomic E-state index is 13.8. The molecule has 2 aromatic carbocycles. The summed E-state index contributed by atoms with van der Waals surface area (Å²) in [4.78, 5) is 40.8. The number of benzene rings is 2. The van der Waals surface area contributed by atoms with E-state index < -0.39 is 25.4 Å². The number of amides is 1. The fourth-order valence-corrected chi connectivity index (χ4v) is 4.78. The molecule has 0 bridgehead atoms. The lowest BCUT2D eigenvalue weighted by atomic mass is 10.2. The molecule has 0 aliphatic heterocycles. The van der Waals surface area contributed by atoms with Gasteiger partial charge >= 0.3 is 7.82 Å². The molecule has 4 N–H and O–H groups in total. The highest BCUT2D eigenvalue weighted by Gasteiger charge is 2.14. The number of phosphoric acid groups is 1. The van der Waals surface area contributed by atoms with Gasteiger partial charge in [0.25, 0.3) is 0 Å². The monoisotopic (exact) mass is 633 g/mol. The number of rotatable bonds is 17. The lowest BCUT2D eigenvalue weighted by Crippen LogP contribution is -2.28. The predicted molar refractivity (Wildman–Crippen MR) is 159 cm³/mol. The topological polar surface area (TPSA) is 164 Å². The molecule has 0 aliphatic rings. The molecule has 16 heteroatoms. The highest BCUT2D eigenvalue weighted by Crippen LogP contribution is 2.35. The zero-order chi connectivity index (χ0) is 31.5. The van der Waals surface area contributed by atoms with Gasteiger partial charge in [-0.05, 0) is 50.1 Å². The van der Waals surface area contributed by atoms with Crippen molar-refractivity contribution in [2.75, 3.05) is 43.5 Å². The summed E-state index contributed by atoms with van der Waals surface area (Å²) >= 11 is 0. The van der Waals surface area contributed by atoms with Gasteiger partial charge in [0, 0.05) is 30.7 Å². The number of halogens is 2. The molecule has 44 heavy (non-hydrogen) atoms. The van der Waals surface area contributed by atoms with Crippen molar-refractivity contribution >= 4 is 41.8 Å². The molecule has 4 aromatic rings. The van der Waals surface area contributed by atoms with E-state index in [1.165, 1.54) is 29.3 Å². The minimum atomic E-state index is -4.44. The first-order chi connectivity index (χ1) is 21.1. The van der Waals surface area contributed by atoms with Crippen LogP contribution in [0.5, 0.6) is 5.75 Å². The van der Waals surface area contributed by atoms with Crippen molar-refractivity contribution in [3.05, 3.63) is 66.8 Å². The summed E-state index contributed by atoms with van der Waals surface area (Å²) in [5.41, 5.74) is 0.959. The fraction of sp³-hybridized carbons (Fsp3) is 0.357. The number of phosphoric ester groups is 1. The van der Waals surface area contributed by atoms with E-state index >= 15 is 0 Å². The van der Waals surface area contributed by atoms with Crippen LogP contribution < -0.4 is 15.4 Å². The second kappa shape index (κ2) is 15.6. The first-order valence-electron chi connectivity index (χ1n) is 13.9. The van der Waals surface area contributed by atoms with Gasteiger partial charge < -0.3 is 30.1 Å². The van der Waals surface area contributed by atoms with E-state index in [4.69, 9.17) is 14.5 Å². The molecule has 0 aliphatic carbocycles. The second-order valence-electron chi connectivity index (χ2n) is 9.82. The van der Waals surface area contributed by atoms with E-state index in [1.807, 2.05) is 18.2 Å². The molecule has 1 amide bonds. The normalized spacial score (nSPS) is 11.7. The minimum absolute atomic E-state index is 0.00337. The van der Waals surface area contributed by atoms with Crippen molar-refractivity contribution in [1.29, 1.82) is 0 Å². The smallest absolute Gasteiger partial charge is 0.469 e. The number of hydrogen-bond acceptors (Lipinski definition) is 9. The first kappa shape index (κ1) is 32.9. The third-order valence-electron chi connectivity index (χ3n) is 6.34. The highest BCUT2D eigenvalue weighted by molar-refractivity contribution is 7.46. The van der Waals surface area contributed by atoms with Crippen LogP contribution in [-0.2, 0) is 20.4 Å². The Labute approximate surface area is 252 Å². The Morgan fingerprint density at radius 3 is 2.66 bits per heavy atom. The first-order valence-corrected chi connectivity index (χ1v) is 15.5. The van der Waals surface area contributed by atoms with Crippen molar-refractivity contribution in [3.8, 4) is 5.75 Å². The van der Waals surface area contributed by atoms with Crippen LogP contribution in [0.3, 0.4) is 0 Å². The molecule has 0 saturated heterocycles. The number of carbonyl (C=O) groups is 1. The molecule has 0 radical (unpaired) electrons. The van der Waals surface area contributed by atoms with E-state index in [2.05, 4.69) is 42.0 Å². The van der Waals surface area contributed by atoms with Gasteiger partial charge in [0.1, 0.15) is 24.4 Å². The predicted octanol–water partition coefficient (Wildman–Crippen LogP) is 4.47. The van der Waals surface area contributed by atoms with Crippen molar-refractivity contribution in [1.82, 2.24) is 24.6 Å². The van der Waals surface area contributed by atoms with Gasteiger partial charge in [-0.2, -0.15) is 5.10 Å². The quantitative estimate of drug-likeness (QED) is 0.0958. The van der Waals surface area contributed by atoms with Crippen molar-refractivity contribution < 1.29 is 37.2 Å². The lowest BCUT2D eigenvalue weighted by Gasteiger charge is -2.21. The van der Waals surface area contributed by atoms with Gasteiger partial charge in [-0.3, -0.25) is 14.0 Å². The molecule has 0 spiro atoms. The third kappa shape index (κ3) is 10.0. The summed E-state index contributed by atoms with van der Waals surface area (Å²) < 4.78 is 49.9. The summed E-state index contributed by atoms with van der Waals surface area (Å²) in [5, 5.41) is 10.4. The molecule has 4 rings (SSSR count). The second-order valence-corrected chi connectivity index (χ2v) is 11.1. The van der Waals surface area contributed by atoms with Crippen LogP contribution in [0.1, 0.15) is 26.2 Å². The fourth-order valence-electron chi connectivity index (χ4n) is 4.42. The highest BCUT2D eigenvalue weighted by atomic mass is 31.2. The zero-order valence-corrected chi connectivity index (χ0v) is 24.9. The van der Waals surface area contributed by atoms with Gasteiger partial charge in [0.2, 0.25) is 5.91 Å². The maximum atomic E-state index is 13.8. The average molecular weight is 634 g/mol. The number of anilines is 3. The van der Waals surface area contributed by atoms with Crippen molar-refractivity contribution in [3.63, 3.8) is 0 Å². The Hall–Kier alpha value is -4.01. The van der Waals surface area contributed by atoms with E-state index in [0.29, 0.717) is 42.3 Å². The minimum Gasteiger partial charge on any atom is -0.493 e. The molecule has 0 atom stereocenters. The van der Waals surface area contributed by atoms with Gasteiger partial charge in [0.05, 0.1) is 36.3 Å². The van der Waals surface area contributed by atoms with E-state index in [1.54, 1.807) is 6.20 Å². The van der Waals surface area contributed by atoms with E-state index in [9.17, 15) is 18.1 Å². The number of hydrogen-bond donors (Lipinski definition) is 4. The largest absolute Gasteiger partial charge is 0.493 e. The van der Waals surface area contributed by atoms with Crippen LogP contribution >= 0.6 is 7.82 Å². The van der Waals surface area contributed by atoms with Crippen LogP contribution in [-0.4, -0.2) is 73.2 Å². The zero-order valence-electron chi connectivity index (χ0n) is 24.0. The van der Waals surface area contributed by atoms with Crippen LogP contribution in [0.25, 0.3) is 10.9 Å². The van der Waals surface area contributed by atoms with Gasteiger partial charge in [0.15, 0.2) is 11.6 Å². The number of nitrogens with one attached hydrogen (secondary N) is 2. The van der Waals surface area contributed by atoms with Crippen LogP contribution in [0.15, 0.2) is 55.1 Å². The van der Waals surface area contributed by atoms with Crippen LogP contribution in [0.4, 0.5) is 26.0 Å². The van der Waals surface area contributed by atoms with Gasteiger partial charge in [-0.1, -0.05) is 13.0 Å². The van der Waals surface area contributed by atoms with E-state index in [-0.39, 0.29) is 18.8 Å². The molecule has 236 valence electrons. The summed E-state index contributed by atoms with van der Waals surface area (Å²) in [6.45, 7) is 4.61. The molecule has 2 aromatic heterocycles. The van der Waals surface area contributed by atoms with Gasteiger partial charge in [-0.25, -0.2) is 23.3 Å². The summed E-state index contributed by atoms with van der Waals surface area (Å²) in [6, 6.07) is 9.00. The average Bonchev–Trinajstić information content (AvgIpc) is 3.41. The Kier molecular flexibility index (Phi) is 11.7. The molecule has 0 unspecified atom stereocenters. The molecule has 0 saturated carbocycles. The molecule has 2 heterocycles. The van der Waals surface area contributed by atoms with Crippen molar-refractivity contribution in [2.24, 2.45) is 0 Å².